The molecule has 6 heteroatoms. The molecule has 34 heavy (non-hydrogen) atoms. The lowest BCUT2D eigenvalue weighted by molar-refractivity contribution is -0.138. The number of nitrogens with zero attached hydrogens (tertiary/aromatic N) is 2. The van der Waals surface area contributed by atoms with Crippen molar-refractivity contribution in [1.29, 1.82) is 0 Å². The quantitative estimate of drug-likeness (QED) is 0.511. The molecule has 4 atom stereocenters. The van der Waals surface area contributed by atoms with Gasteiger partial charge in [0.15, 0.2) is 0 Å². The maximum atomic E-state index is 12.9. The highest BCUT2D eigenvalue weighted by Gasteiger charge is 2.55. The van der Waals surface area contributed by atoms with Gasteiger partial charge in [-0.15, -0.1) is 0 Å². The number of hydrogen-bond acceptors (Lipinski definition) is 5. The first-order valence-corrected chi connectivity index (χ1v) is 12.0. The summed E-state index contributed by atoms with van der Waals surface area (Å²) >= 11 is 0. The lowest BCUT2D eigenvalue weighted by atomic mass is 9.69. The lowest BCUT2D eigenvalue weighted by Crippen LogP contribution is -2.33. The summed E-state index contributed by atoms with van der Waals surface area (Å²) in [7, 11) is 1.60. The molecule has 0 spiro atoms. The van der Waals surface area contributed by atoms with Crippen LogP contribution < -0.4 is 0 Å². The summed E-state index contributed by atoms with van der Waals surface area (Å²) in [6, 6.07) is 13.1. The number of benzene rings is 1. The topological polar surface area (TPSA) is 79.7 Å². The predicted molar refractivity (Wildman–Crippen MR) is 129 cm³/mol. The fourth-order valence-electron chi connectivity index (χ4n) is 5.88. The molecule has 0 saturated carbocycles. The molecule has 1 aromatic carbocycles. The number of rotatable bonds is 6. The second-order valence-electron chi connectivity index (χ2n) is 9.39. The van der Waals surface area contributed by atoms with Gasteiger partial charge in [-0.2, -0.15) is 0 Å². The van der Waals surface area contributed by atoms with Crippen LogP contribution in [0.15, 0.2) is 59.8 Å². The molecule has 2 aliphatic heterocycles. The third-order valence-corrected chi connectivity index (χ3v) is 7.59. The number of para-hydroxylation sites is 1. The fraction of sp³-hybridized carbons (Fsp3) is 0.393. The third-order valence-electron chi connectivity index (χ3n) is 7.59. The summed E-state index contributed by atoms with van der Waals surface area (Å²) in [5, 5.41) is 10.3. The Hall–Kier alpha value is -3.25. The zero-order chi connectivity index (χ0) is 23.8. The van der Waals surface area contributed by atoms with Crippen LogP contribution in [0.2, 0.25) is 0 Å². The molecule has 0 unspecified atom stereocenters. The normalized spacial score (nSPS) is 26.8. The van der Waals surface area contributed by atoms with Crippen LogP contribution in [-0.2, 0) is 14.3 Å². The van der Waals surface area contributed by atoms with Crippen LogP contribution >= 0.6 is 0 Å². The highest BCUT2D eigenvalue weighted by atomic mass is 16.5. The molecular weight excluding hydrogens is 428 g/mol. The van der Waals surface area contributed by atoms with Crippen molar-refractivity contribution in [3.05, 3.63) is 71.1 Å². The van der Waals surface area contributed by atoms with Crippen LogP contribution in [0.3, 0.4) is 0 Å². The van der Waals surface area contributed by atoms with Crippen molar-refractivity contribution in [1.82, 2.24) is 9.88 Å². The second-order valence-corrected chi connectivity index (χ2v) is 9.39. The molecule has 1 aromatic heterocycles. The number of ether oxygens (including phenoxy) is 1. The Balaban J connectivity index is 1.42. The van der Waals surface area contributed by atoms with E-state index in [4.69, 9.17) is 4.74 Å². The number of carbonyl (C=O) groups excluding carboxylic acids is 2. The number of phenols is 1. The molecule has 6 nitrogen and oxygen atoms in total. The zero-order valence-electron chi connectivity index (χ0n) is 19.6. The SMILES string of the molecule is CCC1=C2[C@@H](CC/C(=C/c3ccccc3O)c3ccccn3)OC[C@@H]2[C@@H]2C(=O)N(C)C(=O)[C@@H]2C1. The average molecular weight is 459 g/mol. The number of imide groups is 1. The molecule has 5 rings (SSSR count). The summed E-state index contributed by atoms with van der Waals surface area (Å²) in [6.45, 7) is 2.61. The molecule has 2 amide bonds. The standard InChI is InChI=1S/C28H30N2O4/c1-3-17-15-20-26(28(33)30(2)27(20)32)21-16-34-24(25(17)21)12-11-18(22-9-6-7-13-29-22)14-19-8-4-5-10-23(19)31/h4-10,13-14,20-21,24,26,31H,3,11-12,15-16H2,1-2H3/b18-14-/t20-,21+,24-,26-/m1/s1. The Morgan fingerprint density at radius 3 is 2.68 bits per heavy atom. The van der Waals surface area contributed by atoms with E-state index in [-0.39, 0.29) is 41.4 Å². The van der Waals surface area contributed by atoms with Crippen molar-refractivity contribution in [3.8, 4) is 5.75 Å². The minimum absolute atomic E-state index is 0.0134. The smallest absolute Gasteiger partial charge is 0.233 e. The van der Waals surface area contributed by atoms with Crippen LogP contribution in [-0.4, -0.2) is 46.6 Å². The van der Waals surface area contributed by atoms with Crippen LogP contribution in [0, 0.1) is 17.8 Å². The van der Waals surface area contributed by atoms with E-state index in [1.165, 1.54) is 16.0 Å². The molecule has 0 radical (unpaired) electrons. The van der Waals surface area contributed by atoms with E-state index in [0.29, 0.717) is 19.4 Å². The van der Waals surface area contributed by atoms with E-state index in [1.54, 1.807) is 25.4 Å². The summed E-state index contributed by atoms with van der Waals surface area (Å²) in [5.74, 6) is -0.429. The van der Waals surface area contributed by atoms with Crippen molar-refractivity contribution in [2.24, 2.45) is 17.8 Å². The Kier molecular flexibility index (Phi) is 6.09. The Bertz CT molecular complexity index is 1170. The number of fused-ring (bicyclic) bond motifs is 3. The van der Waals surface area contributed by atoms with E-state index in [9.17, 15) is 14.7 Å². The summed E-state index contributed by atoms with van der Waals surface area (Å²) < 4.78 is 6.28. The third kappa shape index (κ3) is 3.86. The van der Waals surface area contributed by atoms with E-state index in [0.717, 1.165) is 29.7 Å². The van der Waals surface area contributed by atoms with Gasteiger partial charge in [0.1, 0.15) is 5.75 Å². The van der Waals surface area contributed by atoms with Gasteiger partial charge in [-0.05, 0) is 61.1 Å². The number of amides is 2. The first-order chi connectivity index (χ1) is 16.5. The van der Waals surface area contributed by atoms with Crippen LogP contribution in [0.4, 0.5) is 0 Å². The first kappa shape index (κ1) is 22.5. The molecule has 2 fully saturated rings. The summed E-state index contributed by atoms with van der Waals surface area (Å²) in [6.07, 6.45) is 6.67. The van der Waals surface area contributed by atoms with Gasteiger partial charge in [-0.1, -0.05) is 36.8 Å². The van der Waals surface area contributed by atoms with Gasteiger partial charge >= 0.3 is 0 Å². The molecule has 1 N–H and O–H groups in total. The summed E-state index contributed by atoms with van der Waals surface area (Å²) in [4.78, 5) is 31.4. The number of aromatic hydroxyl groups is 1. The molecular formula is C28H30N2O4. The van der Waals surface area contributed by atoms with Crippen LogP contribution in [0.25, 0.3) is 11.6 Å². The highest BCUT2D eigenvalue weighted by Crippen LogP contribution is 2.50. The van der Waals surface area contributed by atoms with Crippen molar-refractivity contribution in [2.75, 3.05) is 13.7 Å². The van der Waals surface area contributed by atoms with Crippen molar-refractivity contribution >= 4 is 23.5 Å². The molecule has 3 aliphatic rings. The Morgan fingerprint density at radius 1 is 1.15 bits per heavy atom. The first-order valence-electron chi connectivity index (χ1n) is 12.0. The van der Waals surface area contributed by atoms with Crippen molar-refractivity contribution in [2.45, 2.75) is 38.7 Å². The van der Waals surface area contributed by atoms with Gasteiger partial charge in [0.05, 0.1) is 30.2 Å². The van der Waals surface area contributed by atoms with Gasteiger partial charge < -0.3 is 9.84 Å². The number of allylic oxidation sites excluding steroid dienone is 2. The Morgan fingerprint density at radius 2 is 1.94 bits per heavy atom. The maximum Gasteiger partial charge on any atom is 0.233 e. The van der Waals surface area contributed by atoms with Crippen LogP contribution in [0.1, 0.15) is 43.9 Å². The maximum absolute atomic E-state index is 12.9. The highest BCUT2D eigenvalue weighted by molar-refractivity contribution is 6.05. The minimum atomic E-state index is -0.292. The molecule has 1 aliphatic carbocycles. The van der Waals surface area contributed by atoms with Gasteiger partial charge in [0.2, 0.25) is 11.8 Å². The molecule has 2 aromatic rings. The molecule has 3 heterocycles. The molecule has 176 valence electrons. The zero-order valence-corrected chi connectivity index (χ0v) is 19.6. The van der Waals surface area contributed by atoms with E-state index in [2.05, 4.69) is 11.9 Å². The largest absolute Gasteiger partial charge is 0.507 e. The number of likely N-dealkylation sites (tertiary alicyclic amines) is 1. The molecule has 0 bridgehead atoms. The average Bonchev–Trinajstić information content (AvgIpc) is 3.38. The second kappa shape index (κ2) is 9.18. The van der Waals surface area contributed by atoms with Gasteiger partial charge in [-0.3, -0.25) is 19.5 Å². The van der Waals surface area contributed by atoms with Gasteiger partial charge in [-0.25, -0.2) is 0 Å². The fourth-order valence-corrected chi connectivity index (χ4v) is 5.88. The lowest BCUT2D eigenvalue weighted by Gasteiger charge is -2.31. The number of pyridine rings is 1. The van der Waals surface area contributed by atoms with E-state index in [1.807, 2.05) is 36.4 Å². The van der Waals surface area contributed by atoms with E-state index >= 15 is 0 Å². The summed E-state index contributed by atoms with van der Waals surface area (Å²) in [5.41, 5.74) is 5.15. The molecule has 2 saturated heterocycles. The number of hydrogen-bond donors (Lipinski definition) is 1. The van der Waals surface area contributed by atoms with Gasteiger partial charge in [0.25, 0.3) is 0 Å². The number of phenolic OH excluding ortho intramolecular Hbond substituents is 1. The van der Waals surface area contributed by atoms with Crippen LogP contribution in [0.5, 0.6) is 5.75 Å². The number of carbonyl (C=O) groups is 2. The van der Waals surface area contributed by atoms with Gasteiger partial charge in [0, 0.05) is 24.7 Å². The van der Waals surface area contributed by atoms with Crippen molar-refractivity contribution < 1.29 is 19.4 Å². The Labute approximate surface area is 200 Å². The number of aromatic nitrogens is 1. The monoisotopic (exact) mass is 458 g/mol. The predicted octanol–water partition coefficient (Wildman–Crippen LogP) is 4.46. The van der Waals surface area contributed by atoms with Crippen molar-refractivity contribution in [3.63, 3.8) is 0 Å². The van der Waals surface area contributed by atoms with E-state index < -0.39 is 0 Å². The minimum Gasteiger partial charge on any atom is -0.507 e.